The van der Waals surface area contributed by atoms with E-state index in [2.05, 4.69) is 0 Å². The number of methoxy groups -OCH3 is 1. The van der Waals surface area contributed by atoms with E-state index < -0.39 is 23.8 Å². The van der Waals surface area contributed by atoms with Crippen LogP contribution in [0.1, 0.15) is 42.1 Å². The molecular formula is C23H26O6. The lowest BCUT2D eigenvalue weighted by Gasteiger charge is -2.24. The van der Waals surface area contributed by atoms with Crippen molar-refractivity contribution in [1.29, 1.82) is 0 Å². The lowest BCUT2D eigenvalue weighted by atomic mass is 9.81. The first-order valence-electron chi connectivity index (χ1n) is 9.57. The van der Waals surface area contributed by atoms with E-state index in [0.717, 1.165) is 0 Å². The second kappa shape index (κ2) is 11.0. The van der Waals surface area contributed by atoms with Crippen molar-refractivity contribution in [3.8, 4) is 5.75 Å². The summed E-state index contributed by atoms with van der Waals surface area (Å²) < 4.78 is 15.4. The first-order chi connectivity index (χ1) is 14.0. The van der Waals surface area contributed by atoms with Gasteiger partial charge in [-0.25, -0.2) is 0 Å². The number of hydrogen-bond donors (Lipinski definition) is 0. The molecule has 0 saturated heterocycles. The first kappa shape index (κ1) is 22.1. The molecule has 0 aliphatic carbocycles. The van der Waals surface area contributed by atoms with Crippen LogP contribution in [0.5, 0.6) is 5.75 Å². The summed E-state index contributed by atoms with van der Waals surface area (Å²) in [6, 6.07) is 15.7. The number of carbonyl (C=O) groups is 3. The summed E-state index contributed by atoms with van der Waals surface area (Å²) in [5.41, 5.74) is 1.17. The second-order valence-corrected chi connectivity index (χ2v) is 6.35. The van der Waals surface area contributed by atoms with E-state index in [-0.39, 0.29) is 25.4 Å². The third kappa shape index (κ3) is 5.91. The minimum atomic E-state index is -1.24. The fraction of sp³-hybridized carbons (Fsp3) is 0.348. The molecule has 0 fully saturated rings. The van der Waals surface area contributed by atoms with E-state index in [9.17, 15) is 14.4 Å². The number of rotatable bonds is 10. The van der Waals surface area contributed by atoms with E-state index in [1.54, 1.807) is 69.5 Å². The second-order valence-electron chi connectivity index (χ2n) is 6.35. The maximum Gasteiger partial charge on any atom is 0.320 e. The molecule has 2 rings (SSSR count). The van der Waals surface area contributed by atoms with Gasteiger partial charge in [0.2, 0.25) is 0 Å². The zero-order valence-electron chi connectivity index (χ0n) is 16.9. The van der Waals surface area contributed by atoms with Gasteiger partial charge in [0, 0.05) is 17.9 Å². The van der Waals surface area contributed by atoms with Gasteiger partial charge in [-0.3, -0.25) is 14.4 Å². The molecule has 6 heteroatoms. The van der Waals surface area contributed by atoms with Crippen molar-refractivity contribution in [3.63, 3.8) is 0 Å². The number of hydrogen-bond acceptors (Lipinski definition) is 6. The Morgan fingerprint density at radius 3 is 1.86 bits per heavy atom. The van der Waals surface area contributed by atoms with Crippen LogP contribution in [0.2, 0.25) is 0 Å². The highest BCUT2D eigenvalue weighted by Gasteiger charge is 2.39. The maximum absolute atomic E-state index is 12.9. The van der Waals surface area contributed by atoms with Gasteiger partial charge in [-0.2, -0.15) is 0 Å². The van der Waals surface area contributed by atoms with Crippen LogP contribution in [-0.2, 0) is 19.1 Å². The molecule has 0 heterocycles. The zero-order valence-corrected chi connectivity index (χ0v) is 16.9. The Kier molecular flexibility index (Phi) is 8.40. The number of carbonyl (C=O) groups excluding carboxylic acids is 3. The molecule has 2 aromatic carbocycles. The van der Waals surface area contributed by atoms with Crippen LogP contribution in [0.4, 0.5) is 0 Å². The average molecular weight is 398 g/mol. The predicted molar refractivity (Wildman–Crippen MR) is 108 cm³/mol. The minimum absolute atomic E-state index is 0.0430. The van der Waals surface area contributed by atoms with E-state index in [0.29, 0.717) is 16.9 Å². The standard InChI is InChI=1S/C23H26O6/c1-4-28-22(25)21(23(26)29-5-2)19(16-11-13-18(27-3)14-12-16)15-20(24)17-9-7-6-8-10-17/h6-14,19,21H,4-5,15H2,1-3H3. The molecule has 0 amide bonds. The molecule has 2 aromatic rings. The smallest absolute Gasteiger partial charge is 0.320 e. The van der Waals surface area contributed by atoms with E-state index >= 15 is 0 Å². The van der Waals surface area contributed by atoms with Crippen molar-refractivity contribution in [2.45, 2.75) is 26.2 Å². The highest BCUT2D eigenvalue weighted by Crippen LogP contribution is 2.33. The van der Waals surface area contributed by atoms with Crippen molar-refractivity contribution in [2.24, 2.45) is 5.92 Å². The van der Waals surface area contributed by atoms with Crippen LogP contribution < -0.4 is 4.74 Å². The summed E-state index contributed by atoms with van der Waals surface area (Å²) in [6.07, 6.45) is -0.0430. The van der Waals surface area contributed by atoms with Crippen LogP contribution in [-0.4, -0.2) is 38.0 Å². The first-order valence-corrected chi connectivity index (χ1v) is 9.57. The van der Waals surface area contributed by atoms with Crippen LogP contribution in [0.25, 0.3) is 0 Å². The monoisotopic (exact) mass is 398 g/mol. The number of esters is 2. The molecule has 0 aliphatic heterocycles. The molecule has 0 radical (unpaired) electrons. The van der Waals surface area contributed by atoms with Gasteiger partial charge in [0.05, 0.1) is 20.3 Å². The van der Waals surface area contributed by atoms with Crippen molar-refractivity contribution in [2.75, 3.05) is 20.3 Å². The van der Waals surface area contributed by atoms with Crippen LogP contribution in [0.3, 0.4) is 0 Å². The largest absolute Gasteiger partial charge is 0.497 e. The topological polar surface area (TPSA) is 78.9 Å². The normalized spacial score (nSPS) is 11.6. The Hall–Kier alpha value is -3.15. The molecule has 1 unspecified atom stereocenters. The molecule has 154 valence electrons. The van der Waals surface area contributed by atoms with Gasteiger partial charge in [-0.15, -0.1) is 0 Å². The summed E-state index contributed by atoms with van der Waals surface area (Å²) in [7, 11) is 1.55. The van der Waals surface area contributed by atoms with Gasteiger partial charge in [-0.1, -0.05) is 42.5 Å². The Bertz CT molecular complexity index is 795. The highest BCUT2D eigenvalue weighted by molar-refractivity contribution is 6.00. The molecule has 0 bridgehead atoms. The molecule has 0 N–H and O–H groups in total. The van der Waals surface area contributed by atoms with Gasteiger partial charge in [0.15, 0.2) is 11.7 Å². The van der Waals surface area contributed by atoms with Crippen molar-refractivity contribution in [3.05, 3.63) is 65.7 Å². The van der Waals surface area contributed by atoms with E-state index in [1.165, 1.54) is 0 Å². The molecule has 1 atom stereocenters. The van der Waals surface area contributed by atoms with E-state index in [4.69, 9.17) is 14.2 Å². The molecule has 0 aromatic heterocycles. The maximum atomic E-state index is 12.9. The van der Waals surface area contributed by atoms with Gasteiger partial charge < -0.3 is 14.2 Å². The minimum Gasteiger partial charge on any atom is -0.497 e. The van der Waals surface area contributed by atoms with Gasteiger partial charge >= 0.3 is 11.9 Å². The third-order valence-electron chi connectivity index (χ3n) is 4.53. The summed E-state index contributed by atoms with van der Waals surface area (Å²) >= 11 is 0. The Balaban J connectivity index is 2.45. The van der Waals surface area contributed by atoms with Crippen LogP contribution >= 0.6 is 0 Å². The van der Waals surface area contributed by atoms with Crippen molar-refractivity contribution in [1.82, 2.24) is 0 Å². The van der Waals surface area contributed by atoms with Crippen molar-refractivity contribution < 1.29 is 28.6 Å². The molecular weight excluding hydrogens is 372 g/mol. The number of Topliss-reactive ketones (excluding diaryl/α,β-unsaturated/α-hetero) is 1. The van der Waals surface area contributed by atoms with Crippen LogP contribution in [0, 0.1) is 5.92 Å². The fourth-order valence-electron chi connectivity index (χ4n) is 3.11. The van der Waals surface area contributed by atoms with Gasteiger partial charge in [0.1, 0.15) is 5.75 Å². The summed E-state index contributed by atoms with van der Waals surface area (Å²) in [4.78, 5) is 38.2. The number of ether oxygens (including phenoxy) is 3. The van der Waals surface area contributed by atoms with Crippen molar-refractivity contribution >= 4 is 17.7 Å². The molecule has 0 saturated carbocycles. The Morgan fingerprint density at radius 2 is 1.38 bits per heavy atom. The van der Waals surface area contributed by atoms with Crippen LogP contribution in [0.15, 0.2) is 54.6 Å². The average Bonchev–Trinajstić information content (AvgIpc) is 2.74. The van der Waals surface area contributed by atoms with Gasteiger partial charge in [-0.05, 0) is 31.5 Å². The fourth-order valence-corrected chi connectivity index (χ4v) is 3.11. The molecule has 6 nitrogen and oxygen atoms in total. The summed E-state index contributed by atoms with van der Waals surface area (Å²) in [6.45, 7) is 3.57. The highest BCUT2D eigenvalue weighted by atomic mass is 16.6. The van der Waals surface area contributed by atoms with E-state index in [1.807, 2.05) is 6.07 Å². The Labute approximate surface area is 170 Å². The quantitative estimate of drug-likeness (QED) is 0.344. The number of benzene rings is 2. The SMILES string of the molecule is CCOC(=O)C(C(=O)OCC)C(CC(=O)c1ccccc1)c1ccc(OC)cc1. The van der Waals surface area contributed by atoms with Gasteiger partial charge in [0.25, 0.3) is 0 Å². The summed E-state index contributed by atoms with van der Waals surface area (Å²) in [5, 5.41) is 0. The lowest BCUT2D eigenvalue weighted by molar-refractivity contribution is -0.162. The molecule has 0 aliphatic rings. The Morgan fingerprint density at radius 1 is 0.828 bits per heavy atom. The number of ketones is 1. The predicted octanol–water partition coefficient (Wildman–Crippen LogP) is 3.79. The summed E-state index contributed by atoms with van der Waals surface area (Å²) in [5.74, 6) is -2.92. The molecule has 0 spiro atoms. The zero-order chi connectivity index (χ0) is 21.2. The third-order valence-corrected chi connectivity index (χ3v) is 4.53. The lowest BCUT2D eigenvalue weighted by Crippen LogP contribution is -2.34. The molecule has 29 heavy (non-hydrogen) atoms.